The summed E-state index contributed by atoms with van der Waals surface area (Å²) in [7, 11) is 0. The minimum Gasteiger partial charge on any atom is -0.268 e. The molecular formula is C15H30N4+2. The summed E-state index contributed by atoms with van der Waals surface area (Å²) in [6.45, 7) is 14.1. The molecule has 0 aromatic rings. The lowest BCUT2D eigenvalue weighted by Gasteiger charge is -2.21. The second-order valence-electron chi connectivity index (χ2n) is 5.62. The van der Waals surface area contributed by atoms with Gasteiger partial charge < -0.3 is 0 Å². The Morgan fingerprint density at radius 1 is 0.842 bits per heavy atom. The van der Waals surface area contributed by atoms with Gasteiger partial charge in [-0.3, -0.25) is 19.0 Å². The van der Waals surface area contributed by atoms with Gasteiger partial charge >= 0.3 is 0 Å². The third-order valence-electron chi connectivity index (χ3n) is 4.14. The highest BCUT2D eigenvalue weighted by Crippen LogP contribution is 2.00. The van der Waals surface area contributed by atoms with Gasteiger partial charge in [0.25, 0.3) is 0 Å². The van der Waals surface area contributed by atoms with E-state index in [0.29, 0.717) is 0 Å². The molecule has 0 aromatic carbocycles. The van der Waals surface area contributed by atoms with Gasteiger partial charge in [-0.25, -0.2) is 0 Å². The summed E-state index contributed by atoms with van der Waals surface area (Å²) in [5.74, 6) is 0. The molecule has 2 aliphatic rings. The van der Waals surface area contributed by atoms with Crippen LogP contribution in [-0.4, -0.2) is 84.0 Å². The van der Waals surface area contributed by atoms with Gasteiger partial charge in [0.05, 0.1) is 52.4 Å². The first-order chi connectivity index (χ1) is 9.31. The first-order valence-corrected chi connectivity index (χ1v) is 7.98. The highest BCUT2D eigenvalue weighted by atomic mass is 15.2. The van der Waals surface area contributed by atoms with Crippen LogP contribution in [0.5, 0.6) is 0 Å². The van der Waals surface area contributed by atoms with Crippen LogP contribution in [0, 0.1) is 0 Å². The van der Waals surface area contributed by atoms with Crippen LogP contribution in [0.25, 0.3) is 0 Å². The van der Waals surface area contributed by atoms with E-state index in [-0.39, 0.29) is 0 Å². The Morgan fingerprint density at radius 2 is 1.32 bits per heavy atom. The van der Waals surface area contributed by atoms with Crippen molar-refractivity contribution in [2.24, 2.45) is 0 Å². The van der Waals surface area contributed by atoms with E-state index in [1.165, 1.54) is 58.5 Å². The molecule has 0 spiro atoms. The van der Waals surface area contributed by atoms with E-state index in [0.717, 1.165) is 13.1 Å². The van der Waals surface area contributed by atoms with Crippen LogP contribution < -0.4 is 0 Å². The molecular weight excluding hydrogens is 236 g/mol. The molecule has 19 heavy (non-hydrogen) atoms. The quantitative estimate of drug-likeness (QED) is 0.663. The molecule has 2 aliphatic heterocycles. The summed E-state index contributed by atoms with van der Waals surface area (Å²) in [5, 5.41) is 0. The number of hydrogen-bond acceptors (Lipinski definition) is 2. The highest BCUT2D eigenvalue weighted by Gasteiger charge is 2.16. The maximum atomic E-state index is 2.49. The number of hydrogen-bond donors (Lipinski definition) is 0. The third-order valence-corrected chi connectivity index (χ3v) is 4.14. The molecule has 0 amide bonds. The van der Waals surface area contributed by atoms with Crippen LogP contribution in [0.1, 0.15) is 33.1 Å². The fourth-order valence-corrected chi connectivity index (χ4v) is 2.94. The molecule has 0 saturated heterocycles. The second-order valence-corrected chi connectivity index (χ2v) is 5.62. The molecule has 0 aromatic heterocycles. The van der Waals surface area contributed by atoms with Gasteiger partial charge in [-0.1, -0.05) is 0 Å². The van der Waals surface area contributed by atoms with Crippen molar-refractivity contribution in [3.63, 3.8) is 0 Å². The van der Waals surface area contributed by atoms with Crippen molar-refractivity contribution in [2.75, 3.05) is 52.4 Å². The SMILES string of the molecule is CCN1C=[N+](CCC[N+]2=CN(CC)CCC2)CCC1. The molecule has 0 fully saturated rings. The Kier molecular flexibility index (Phi) is 5.67. The zero-order chi connectivity index (χ0) is 13.5. The summed E-state index contributed by atoms with van der Waals surface area (Å²) in [6, 6.07) is 0. The zero-order valence-corrected chi connectivity index (χ0v) is 12.7. The van der Waals surface area contributed by atoms with Gasteiger partial charge in [0.1, 0.15) is 0 Å². The van der Waals surface area contributed by atoms with Crippen LogP contribution in [0.15, 0.2) is 0 Å². The highest BCUT2D eigenvalue weighted by molar-refractivity contribution is 5.49. The van der Waals surface area contributed by atoms with Crippen molar-refractivity contribution in [1.29, 1.82) is 0 Å². The van der Waals surface area contributed by atoms with Crippen LogP contribution >= 0.6 is 0 Å². The van der Waals surface area contributed by atoms with E-state index in [2.05, 4.69) is 45.5 Å². The fraction of sp³-hybridized carbons (Fsp3) is 0.867. The minimum atomic E-state index is 1.14. The number of rotatable bonds is 6. The average Bonchev–Trinajstić information content (AvgIpc) is 2.48. The van der Waals surface area contributed by atoms with E-state index in [4.69, 9.17) is 0 Å². The van der Waals surface area contributed by atoms with E-state index in [1.54, 1.807) is 0 Å². The van der Waals surface area contributed by atoms with Gasteiger partial charge in [-0.15, -0.1) is 0 Å². The lowest BCUT2D eigenvalue weighted by atomic mass is 10.3. The van der Waals surface area contributed by atoms with Crippen molar-refractivity contribution in [1.82, 2.24) is 9.80 Å². The minimum absolute atomic E-state index is 1.14. The Hall–Kier alpha value is -1.06. The molecule has 108 valence electrons. The molecule has 4 nitrogen and oxygen atoms in total. The van der Waals surface area contributed by atoms with Crippen molar-refractivity contribution >= 4 is 12.7 Å². The molecule has 0 unspecified atom stereocenters. The Morgan fingerprint density at radius 3 is 1.74 bits per heavy atom. The van der Waals surface area contributed by atoms with Gasteiger partial charge in [-0.2, -0.15) is 0 Å². The third kappa shape index (κ3) is 4.51. The van der Waals surface area contributed by atoms with Gasteiger partial charge in [0.15, 0.2) is 0 Å². The van der Waals surface area contributed by atoms with E-state index < -0.39 is 0 Å². The average molecular weight is 266 g/mol. The first-order valence-electron chi connectivity index (χ1n) is 7.98. The standard InChI is InChI=1S/C15H30N4/c1-3-16-8-5-10-18(14-16)12-7-13-19-11-6-9-17(4-2)15-19/h14-15H,3-13H2,1-2H3/q+2. The second kappa shape index (κ2) is 7.51. The normalized spacial score (nSPS) is 20.3. The van der Waals surface area contributed by atoms with Crippen molar-refractivity contribution in [3.05, 3.63) is 0 Å². The van der Waals surface area contributed by atoms with Crippen molar-refractivity contribution < 1.29 is 9.15 Å². The van der Waals surface area contributed by atoms with Gasteiger partial charge in [0.2, 0.25) is 12.7 Å². The maximum absolute atomic E-state index is 2.49. The van der Waals surface area contributed by atoms with E-state index in [9.17, 15) is 0 Å². The summed E-state index contributed by atoms with van der Waals surface area (Å²) < 4.78 is 4.99. The Balaban J connectivity index is 1.74. The lowest BCUT2D eigenvalue weighted by Crippen LogP contribution is -2.38. The molecule has 4 heteroatoms. The molecule has 0 bridgehead atoms. The summed E-state index contributed by atoms with van der Waals surface area (Å²) in [6.07, 6.45) is 8.55. The van der Waals surface area contributed by atoms with Gasteiger partial charge in [0, 0.05) is 19.3 Å². The summed E-state index contributed by atoms with van der Waals surface area (Å²) in [4.78, 5) is 4.85. The molecule has 0 atom stereocenters. The molecule has 2 heterocycles. The predicted octanol–water partition coefficient (Wildman–Crippen LogP) is 0.909. The smallest absolute Gasteiger partial charge is 0.234 e. The number of nitrogens with zero attached hydrogens (tertiary/aromatic N) is 4. The van der Waals surface area contributed by atoms with Crippen LogP contribution in [0.2, 0.25) is 0 Å². The Labute approximate surface area is 118 Å². The molecule has 0 saturated carbocycles. The van der Waals surface area contributed by atoms with Gasteiger partial charge in [-0.05, 0) is 13.8 Å². The zero-order valence-electron chi connectivity index (χ0n) is 12.7. The van der Waals surface area contributed by atoms with Crippen LogP contribution in [0.3, 0.4) is 0 Å². The fourth-order valence-electron chi connectivity index (χ4n) is 2.94. The Bertz CT molecular complexity index is 303. The van der Waals surface area contributed by atoms with Crippen LogP contribution in [-0.2, 0) is 0 Å². The molecule has 0 aliphatic carbocycles. The lowest BCUT2D eigenvalue weighted by molar-refractivity contribution is -0.560. The maximum Gasteiger partial charge on any atom is 0.234 e. The topological polar surface area (TPSA) is 12.5 Å². The van der Waals surface area contributed by atoms with Crippen molar-refractivity contribution in [2.45, 2.75) is 33.1 Å². The molecule has 2 rings (SSSR count). The predicted molar refractivity (Wildman–Crippen MR) is 80.5 cm³/mol. The largest absolute Gasteiger partial charge is 0.268 e. The molecule has 0 radical (unpaired) electrons. The monoisotopic (exact) mass is 266 g/mol. The first kappa shape index (κ1) is 14.4. The summed E-state index contributed by atoms with van der Waals surface area (Å²) >= 11 is 0. The van der Waals surface area contributed by atoms with Crippen molar-refractivity contribution in [3.8, 4) is 0 Å². The van der Waals surface area contributed by atoms with Crippen LogP contribution in [0.4, 0.5) is 0 Å². The van der Waals surface area contributed by atoms with E-state index >= 15 is 0 Å². The van der Waals surface area contributed by atoms with E-state index in [1.807, 2.05) is 0 Å². The summed E-state index contributed by atoms with van der Waals surface area (Å²) in [5.41, 5.74) is 0. The molecule has 0 N–H and O–H groups in total.